The monoisotopic (exact) mass is 583 g/mol. The van der Waals surface area contributed by atoms with Gasteiger partial charge in [0.2, 0.25) is 0 Å². The van der Waals surface area contributed by atoms with Gasteiger partial charge in [0.25, 0.3) is 5.91 Å². The minimum atomic E-state index is -1.57. The SMILES string of the molecule is C=CCCC[S-](=O)=NC(=O)c1ccc2c(c1)N(C[C@@H]1CC[C@H]1[C@H](C=C)OC)Cc1ccc(Cl)cc1CCCCO2. The fourth-order valence-electron chi connectivity index (χ4n) is 5.58. The van der Waals surface area contributed by atoms with E-state index in [2.05, 4.69) is 34.6 Å². The quantitative estimate of drug-likeness (QED) is 0.164. The van der Waals surface area contributed by atoms with E-state index in [0.717, 1.165) is 61.5 Å². The van der Waals surface area contributed by atoms with Crippen LogP contribution in [0.4, 0.5) is 5.69 Å². The van der Waals surface area contributed by atoms with Crippen molar-refractivity contribution in [3.8, 4) is 5.75 Å². The molecule has 2 aromatic carbocycles. The van der Waals surface area contributed by atoms with E-state index in [9.17, 15) is 9.00 Å². The topological polar surface area (TPSA) is 68.2 Å². The molecule has 0 unspecified atom stereocenters. The van der Waals surface area contributed by atoms with Gasteiger partial charge in [-0.05, 0) is 91.8 Å². The number of unbranched alkanes of at least 4 members (excludes halogenated alkanes) is 1. The molecule has 2 aliphatic rings. The van der Waals surface area contributed by atoms with Crippen LogP contribution in [-0.2, 0) is 32.5 Å². The lowest BCUT2D eigenvalue weighted by atomic mass is 9.70. The van der Waals surface area contributed by atoms with Gasteiger partial charge < -0.3 is 22.9 Å². The highest BCUT2D eigenvalue weighted by molar-refractivity contribution is 7.75. The lowest BCUT2D eigenvalue weighted by Gasteiger charge is -2.43. The van der Waals surface area contributed by atoms with E-state index >= 15 is 0 Å². The van der Waals surface area contributed by atoms with Gasteiger partial charge in [0.1, 0.15) is 5.75 Å². The van der Waals surface area contributed by atoms with Crippen LogP contribution in [0.5, 0.6) is 5.75 Å². The molecule has 1 heterocycles. The van der Waals surface area contributed by atoms with Crippen molar-refractivity contribution in [2.45, 2.75) is 57.6 Å². The number of halogens is 1. The number of allylic oxidation sites excluding steroid dienone is 1. The molecule has 1 saturated carbocycles. The number of fused-ring (bicyclic) bond motifs is 2. The number of methoxy groups -OCH3 is 1. The minimum Gasteiger partial charge on any atom is -0.491 e. The normalized spacial score (nSPS) is 20.6. The van der Waals surface area contributed by atoms with Crippen LogP contribution < -0.4 is 9.64 Å². The molecule has 6 nitrogen and oxygen atoms in total. The number of aryl methyl sites for hydroxylation is 1. The van der Waals surface area contributed by atoms with Crippen molar-refractivity contribution in [2.24, 2.45) is 16.2 Å². The molecular formula is C32H40ClN2O4S-. The van der Waals surface area contributed by atoms with Crippen molar-refractivity contribution in [2.75, 3.05) is 30.9 Å². The van der Waals surface area contributed by atoms with Crippen LogP contribution in [0.2, 0.25) is 5.02 Å². The standard InChI is InChI=1S/C32H40ClN2O4S/c1-4-6-9-18-40(37)34-32(36)24-13-16-31-29(20-24)35(22-26-12-15-28(26)30(5-2)38-3)21-25-11-14-27(33)19-23(25)10-7-8-17-39-31/h4-5,11,13-14,16,19-20,26,28,30H,1-2,6-10,12,15,17-18,21-22H2,3H3/q-1/t26-,28+,30-/m0/s1. The minimum absolute atomic E-state index is 0.00674. The predicted octanol–water partition coefficient (Wildman–Crippen LogP) is 7.54. The third-order valence-electron chi connectivity index (χ3n) is 7.94. The Balaban J connectivity index is 1.71. The summed E-state index contributed by atoms with van der Waals surface area (Å²) in [5.41, 5.74) is 3.70. The average molecular weight is 584 g/mol. The first kappa shape index (κ1) is 30.4. The Hall–Kier alpha value is -2.61. The molecule has 0 spiro atoms. The Labute approximate surface area is 245 Å². The maximum atomic E-state index is 13.1. The van der Waals surface area contributed by atoms with Gasteiger partial charge in [-0.3, -0.25) is 4.79 Å². The molecule has 216 valence electrons. The summed E-state index contributed by atoms with van der Waals surface area (Å²) in [6, 6.07) is 11.6. The van der Waals surface area contributed by atoms with E-state index in [1.54, 1.807) is 19.3 Å². The summed E-state index contributed by atoms with van der Waals surface area (Å²) in [7, 11) is 0.162. The van der Waals surface area contributed by atoms with E-state index in [0.29, 0.717) is 42.7 Å². The van der Waals surface area contributed by atoms with E-state index in [1.807, 2.05) is 24.3 Å². The summed E-state index contributed by atoms with van der Waals surface area (Å²) in [6.45, 7) is 9.68. The molecule has 0 bridgehead atoms. The number of amides is 1. The summed E-state index contributed by atoms with van der Waals surface area (Å²) in [5.74, 6) is 1.38. The second-order valence-electron chi connectivity index (χ2n) is 10.6. The zero-order chi connectivity index (χ0) is 28.5. The Bertz CT molecular complexity index is 1290. The van der Waals surface area contributed by atoms with E-state index in [-0.39, 0.29) is 6.10 Å². The third-order valence-corrected chi connectivity index (χ3v) is 9.19. The highest BCUT2D eigenvalue weighted by Gasteiger charge is 2.37. The summed E-state index contributed by atoms with van der Waals surface area (Å²) < 4.78 is 28.4. The van der Waals surface area contributed by atoms with Crippen LogP contribution in [0.15, 0.2) is 66.1 Å². The zero-order valence-corrected chi connectivity index (χ0v) is 24.9. The van der Waals surface area contributed by atoms with E-state index < -0.39 is 16.5 Å². The first-order valence-corrected chi connectivity index (χ1v) is 15.8. The number of hydrogen-bond donors (Lipinski definition) is 0. The summed E-state index contributed by atoms with van der Waals surface area (Å²) >= 11 is 6.39. The van der Waals surface area contributed by atoms with Crippen molar-refractivity contribution >= 4 is 33.8 Å². The van der Waals surface area contributed by atoms with Gasteiger partial charge in [-0.25, -0.2) is 0 Å². The van der Waals surface area contributed by atoms with Crippen LogP contribution >= 0.6 is 11.6 Å². The second kappa shape index (κ2) is 14.9. The van der Waals surface area contributed by atoms with Gasteiger partial charge in [-0.2, -0.15) is 10.6 Å². The number of carbonyl (C=O) groups excluding carboxylic acids is 1. The van der Waals surface area contributed by atoms with Crippen molar-refractivity contribution in [3.63, 3.8) is 0 Å². The fourth-order valence-corrected chi connectivity index (χ4v) is 6.57. The summed E-state index contributed by atoms with van der Waals surface area (Å²) in [5, 5.41) is 0.736. The van der Waals surface area contributed by atoms with Crippen LogP contribution in [0.3, 0.4) is 0 Å². The molecule has 0 aromatic heterocycles. The van der Waals surface area contributed by atoms with Gasteiger partial charge in [-0.15, -0.1) is 13.2 Å². The zero-order valence-electron chi connectivity index (χ0n) is 23.4. The van der Waals surface area contributed by atoms with Crippen molar-refractivity contribution in [1.82, 2.24) is 0 Å². The molecule has 0 saturated heterocycles. The molecule has 3 atom stereocenters. The van der Waals surface area contributed by atoms with Crippen LogP contribution in [0, 0.1) is 11.8 Å². The number of nitrogens with zero attached hydrogens (tertiary/aromatic N) is 2. The molecule has 1 aliphatic heterocycles. The number of anilines is 1. The lowest BCUT2D eigenvalue weighted by Crippen LogP contribution is -2.43. The van der Waals surface area contributed by atoms with Gasteiger partial charge in [0, 0.05) is 30.8 Å². The molecular weight excluding hydrogens is 544 g/mol. The Morgan fingerprint density at radius 1 is 1.23 bits per heavy atom. The second-order valence-corrected chi connectivity index (χ2v) is 12.2. The van der Waals surface area contributed by atoms with Gasteiger partial charge in [-0.1, -0.05) is 42.0 Å². The molecule has 1 amide bonds. The molecule has 40 heavy (non-hydrogen) atoms. The number of rotatable bonds is 10. The molecule has 8 heteroatoms. The fraction of sp³-hybridized carbons (Fsp3) is 0.469. The third kappa shape index (κ3) is 7.77. The lowest BCUT2D eigenvalue weighted by molar-refractivity contribution is 0.0137. The number of carbonyl (C=O) groups is 1. The Morgan fingerprint density at radius 2 is 2.08 bits per heavy atom. The highest BCUT2D eigenvalue weighted by atomic mass is 35.5. The van der Waals surface area contributed by atoms with E-state index in [4.69, 9.17) is 21.1 Å². The van der Waals surface area contributed by atoms with Crippen LogP contribution in [0.1, 0.15) is 60.0 Å². The first-order chi connectivity index (χ1) is 19.4. The maximum absolute atomic E-state index is 13.1. The number of hydrogen-bond acceptors (Lipinski definition) is 6. The molecule has 0 N–H and O–H groups in total. The van der Waals surface area contributed by atoms with Gasteiger partial charge >= 0.3 is 0 Å². The molecule has 1 aliphatic carbocycles. The maximum Gasteiger partial charge on any atom is 0.254 e. The molecule has 4 rings (SSSR count). The van der Waals surface area contributed by atoms with E-state index in [1.165, 1.54) is 11.1 Å². The Morgan fingerprint density at radius 3 is 2.80 bits per heavy atom. The van der Waals surface area contributed by atoms with Crippen molar-refractivity contribution < 1.29 is 18.5 Å². The Kier molecular flexibility index (Phi) is 11.3. The molecule has 0 radical (unpaired) electrons. The summed E-state index contributed by atoms with van der Waals surface area (Å²) in [4.78, 5) is 15.4. The van der Waals surface area contributed by atoms with Crippen molar-refractivity contribution in [1.29, 1.82) is 0 Å². The highest BCUT2D eigenvalue weighted by Crippen LogP contribution is 2.41. The molecule has 1 fully saturated rings. The first-order valence-electron chi connectivity index (χ1n) is 14.1. The average Bonchev–Trinajstić information content (AvgIpc) is 2.96. The smallest absolute Gasteiger partial charge is 0.254 e. The molecule has 2 aromatic rings. The van der Waals surface area contributed by atoms with Crippen LogP contribution in [0.25, 0.3) is 0 Å². The summed E-state index contributed by atoms with van der Waals surface area (Å²) in [6.07, 6.45) is 10.1. The van der Waals surface area contributed by atoms with Gasteiger partial charge in [0.15, 0.2) is 0 Å². The van der Waals surface area contributed by atoms with Crippen molar-refractivity contribution in [3.05, 3.63) is 83.4 Å². The number of ether oxygens (including phenoxy) is 2. The number of benzene rings is 2. The van der Waals surface area contributed by atoms with Crippen LogP contribution in [-0.4, -0.2) is 38.0 Å². The predicted molar refractivity (Wildman–Crippen MR) is 164 cm³/mol. The van der Waals surface area contributed by atoms with Gasteiger partial charge in [0.05, 0.1) is 18.4 Å². The largest absolute Gasteiger partial charge is 0.491 e.